The van der Waals surface area contributed by atoms with E-state index in [1.54, 1.807) is 54.6 Å². The highest BCUT2D eigenvalue weighted by Crippen LogP contribution is 2.41. The van der Waals surface area contributed by atoms with E-state index >= 15 is 0 Å². The van der Waals surface area contributed by atoms with Crippen LogP contribution in [0.3, 0.4) is 0 Å². The molecule has 3 aromatic rings. The number of benzene rings is 3. The van der Waals surface area contributed by atoms with E-state index < -0.39 is 11.9 Å². The molecule has 0 saturated heterocycles. The van der Waals surface area contributed by atoms with Gasteiger partial charge in [0.25, 0.3) is 5.91 Å². The van der Waals surface area contributed by atoms with Crippen LogP contribution in [0.2, 0.25) is 0 Å². The Morgan fingerprint density at radius 3 is 2.50 bits per heavy atom. The Morgan fingerprint density at radius 2 is 1.72 bits per heavy atom. The zero-order chi connectivity index (χ0) is 22.7. The first-order valence-corrected chi connectivity index (χ1v) is 10.6. The first-order chi connectivity index (χ1) is 15.5. The molecule has 0 aromatic heterocycles. The number of anilines is 2. The molecule has 162 valence electrons. The summed E-state index contributed by atoms with van der Waals surface area (Å²) in [7, 11) is 2.81. The summed E-state index contributed by atoms with van der Waals surface area (Å²) >= 11 is 1.41. The van der Waals surface area contributed by atoms with Crippen molar-refractivity contribution in [1.29, 1.82) is 0 Å². The molecule has 4 rings (SSSR count). The number of nitrogens with one attached hydrogen (secondary N) is 1. The van der Waals surface area contributed by atoms with Crippen molar-refractivity contribution >= 4 is 40.9 Å². The van der Waals surface area contributed by atoms with Gasteiger partial charge in [0.1, 0.15) is 12.3 Å². The summed E-state index contributed by atoms with van der Waals surface area (Å²) in [5, 5.41) is 2.80. The molecule has 1 aliphatic heterocycles. The van der Waals surface area contributed by atoms with Gasteiger partial charge in [0, 0.05) is 9.79 Å². The van der Waals surface area contributed by atoms with E-state index in [-0.39, 0.29) is 12.5 Å². The van der Waals surface area contributed by atoms with Gasteiger partial charge in [-0.05, 0) is 42.5 Å². The molecule has 2 amide bonds. The lowest BCUT2D eigenvalue weighted by molar-refractivity contribution is -0.114. The number of para-hydroxylation sites is 2. The van der Waals surface area contributed by atoms with E-state index in [0.29, 0.717) is 28.3 Å². The number of nitrogens with zero attached hydrogens (tertiary/aromatic N) is 1. The molecule has 1 aliphatic rings. The largest absolute Gasteiger partial charge is 0.495 e. The van der Waals surface area contributed by atoms with Gasteiger partial charge in [0.05, 0.1) is 36.7 Å². The van der Waals surface area contributed by atoms with Gasteiger partial charge in [0.15, 0.2) is 0 Å². The van der Waals surface area contributed by atoms with Gasteiger partial charge >= 0.3 is 5.97 Å². The minimum atomic E-state index is -0.523. The monoisotopic (exact) mass is 448 g/mol. The summed E-state index contributed by atoms with van der Waals surface area (Å²) < 4.78 is 10.1. The third-order valence-electron chi connectivity index (χ3n) is 4.94. The average molecular weight is 449 g/mol. The summed E-state index contributed by atoms with van der Waals surface area (Å²) in [4.78, 5) is 41.4. The molecule has 0 unspecified atom stereocenters. The van der Waals surface area contributed by atoms with Crippen LogP contribution in [0, 0.1) is 0 Å². The number of methoxy groups -OCH3 is 2. The fourth-order valence-electron chi connectivity index (χ4n) is 3.40. The van der Waals surface area contributed by atoms with Gasteiger partial charge in [-0.1, -0.05) is 36.0 Å². The predicted octanol–water partition coefficient (Wildman–Crippen LogP) is 4.23. The molecule has 3 aromatic carbocycles. The van der Waals surface area contributed by atoms with Crippen molar-refractivity contribution < 1.29 is 23.9 Å². The normalized spacial score (nSPS) is 12.3. The Hall–Kier alpha value is -3.78. The number of hydrogen-bond acceptors (Lipinski definition) is 6. The molecule has 0 atom stereocenters. The number of carbonyl (C=O) groups excluding carboxylic acids is 3. The summed E-state index contributed by atoms with van der Waals surface area (Å²) in [6, 6.07) is 19.2. The molecule has 0 bridgehead atoms. The van der Waals surface area contributed by atoms with Crippen LogP contribution in [0.15, 0.2) is 76.5 Å². The van der Waals surface area contributed by atoms with Crippen molar-refractivity contribution in [3.63, 3.8) is 0 Å². The molecule has 1 N–H and O–H groups in total. The molecular formula is C24H20N2O5S. The standard InChI is InChI=1S/C24H20N2O5S/c1-30-19-9-5-4-8-17(19)25-22(27)14-26-18-13-15(24(29)31-2)11-12-21(18)32-20-10-6-3-7-16(20)23(26)28/h3-13H,14H2,1-2H3,(H,25,27). The van der Waals surface area contributed by atoms with Gasteiger partial charge in [-0.3, -0.25) is 14.5 Å². The van der Waals surface area contributed by atoms with Crippen LogP contribution in [0.25, 0.3) is 0 Å². The fraction of sp³-hybridized carbons (Fsp3) is 0.125. The smallest absolute Gasteiger partial charge is 0.337 e. The molecule has 0 radical (unpaired) electrons. The number of amides is 2. The zero-order valence-corrected chi connectivity index (χ0v) is 18.3. The van der Waals surface area contributed by atoms with Crippen molar-refractivity contribution in [3.05, 3.63) is 77.9 Å². The lowest BCUT2D eigenvalue weighted by Gasteiger charge is -2.23. The summed E-state index contributed by atoms with van der Waals surface area (Å²) in [5.74, 6) is -0.742. The maximum absolute atomic E-state index is 13.5. The Labute approximate surface area is 189 Å². The second-order valence-electron chi connectivity index (χ2n) is 6.91. The third kappa shape index (κ3) is 4.17. The van der Waals surface area contributed by atoms with Crippen LogP contribution in [-0.2, 0) is 9.53 Å². The molecule has 1 heterocycles. The Bertz CT molecular complexity index is 1210. The summed E-state index contributed by atoms with van der Waals surface area (Å²) in [6.07, 6.45) is 0. The molecule has 0 fully saturated rings. The topological polar surface area (TPSA) is 84.9 Å². The van der Waals surface area contributed by atoms with Crippen LogP contribution < -0.4 is 15.0 Å². The molecular weight excluding hydrogens is 428 g/mol. The molecule has 0 spiro atoms. The molecule has 0 saturated carbocycles. The van der Waals surface area contributed by atoms with Gasteiger partial charge in [-0.15, -0.1) is 0 Å². The Kier molecular flexibility index (Phi) is 6.13. The van der Waals surface area contributed by atoms with E-state index in [2.05, 4.69) is 5.32 Å². The van der Waals surface area contributed by atoms with Crippen molar-refractivity contribution in [2.45, 2.75) is 9.79 Å². The van der Waals surface area contributed by atoms with E-state index in [1.165, 1.54) is 30.9 Å². The van der Waals surface area contributed by atoms with Crippen LogP contribution in [0.1, 0.15) is 20.7 Å². The number of fused-ring (bicyclic) bond motifs is 2. The minimum Gasteiger partial charge on any atom is -0.495 e. The maximum atomic E-state index is 13.5. The number of esters is 1. The lowest BCUT2D eigenvalue weighted by Crippen LogP contribution is -2.38. The molecule has 0 aliphatic carbocycles. The van der Waals surface area contributed by atoms with Crippen LogP contribution in [0.4, 0.5) is 11.4 Å². The summed E-state index contributed by atoms with van der Waals surface area (Å²) in [6.45, 7) is -0.247. The van der Waals surface area contributed by atoms with Crippen molar-refractivity contribution in [1.82, 2.24) is 0 Å². The third-order valence-corrected chi connectivity index (χ3v) is 6.08. The first kappa shape index (κ1) is 21.5. The number of hydrogen-bond donors (Lipinski definition) is 1. The maximum Gasteiger partial charge on any atom is 0.337 e. The Morgan fingerprint density at radius 1 is 0.969 bits per heavy atom. The average Bonchev–Trinajstić information content (AvgIpc) is 2.93. The van der Waals surface area contributed by atoms with E-state index in [9.17, 15) is 14.4 Å². The molecule has 8 heteroatoms. The first-order valence-electron chi connectivity index (χ1n) is 9.76. The SMILES string of the molecule is COC(=O)c1ccc2c(c1)N(CC(=O)Nc1ccccc1OC)C(=O)c1ccccc1S2. The van der Waals surface area contributed by atoms with E-state index in [4.69, 9.17) is 9.47 Å². The fourth-order valence-corrected chi connectivity index (χ4v) is 4.46. The van der Waals surface area contributed by atoms with Crippen LogP contribution >= 0.6 is 11.8 Å². The van der Waals surface area contributed by atoms with Gasteiger partial charge in [0.2, 0.25) is 5.91 Å². The lowest BCUT2D eigenvalue weighted by atomic mass is 10.1. The summed E-state index contributed by atoms with van der Waals surface area (Å²) in [5.41, 5.74) is 1.74. The van der Waals surface area contributed by atoms with E-state index in [1.807, 2.05) is 12.1 Å². The zero-order valence-electron chi connectivity index (χ0n) is 17.5. The second kappa shape index (κ2) is 9.15. The highest BCUT2D eigenvalue weighted by atomic mass is 32.2. The van der Waals surface area contributed by atoms with Crippen molar-refractivity contribution in [3.8, 4) is 5.75 Å². The van der Waals surface area contributed by atoms with Gasteiger partial charge < -0.3 is 14.8 Å². The van der Waals surface area contributed by atoms with Gasteiger partial charge in [-0.25, -0.2) is 4.79 Å². The number of ether oxygens (including phenoxy) is 2. The van der Waals surface area contributed by atoms with Crippen LogP contribution in [-0.4, -0.2) is 38.5 Å². The Balaban J connectivity index is 1.72. The minimum absolute atomic E-state index is 0.247. The predicted molar refractivity (Wildman–Crippen MR) is 122 cm³/mol. The quantitative estimate of drug-likeness (QED) is 0.588. The number of rotatable bonds is 5. The highest BCUT2D eigenvalue weighted by molar-refractivity contribution is 7.99. The van der Waals surface area contributed by atoms with E-state index in [0.717, 1.165) is 9.79 Å². The van der Waals surface area contributed by atoms with Crippen LogP contribution in [0.5, 0.6) is 5.75 Å². The van der Waals surface area contributed by atoms with Crippen molar-refractivity contribution in [2.75, 3.05) is 31.0 Å². The second-order valence-corrected chi connectivity index (χ2v) is 8.00. The highest BCUT2D eigenvalue weighted by Gasteiger charge is 2.29. The molecule has 7 nitrogen and oxygen atoms in total. The molecule has 32 heavy (non-hydrogen) atoms. The van der Waals surface area contributed by atoms with Crippen molar-refractivity contribution in [2.24, 2.45) is 0 Å². The van der Waals surface area contributed by atoms with Gasteiger partial charge in [-0.2, -0.15) is 0 Å². The number of carbonyl (C=O) groups is 3.